The van der Waals surface area contributed by atoms with Crippen LogP contribution in [-0.4, -0.2) is 23.2 Å². The van der Waals surface area contributed by atoms with Gasteiger partial charge in [-0.2, -0.15) is 0 Å². The summed E-state index contributed by atoms with van der Waals surface area (Å²) >= 11 is 0. The lowest BCUT2D eigenvalue weighted by Crippen LogP contribution is -2.48. The van der Waals surface area contributed by atoms with E-state index in [2.05, 4.69) is 5.32 Å². The number of nitrogens with two attached hydrogens (primary N) is 1. The zero-order valence-electron chi connectivity index (χ0n) is 10.3. The number of hydrogen-bond donors (Lipinski definition) is 3. The van der Waals surface area contributed by atoms with Gasteiger partial charge in [0.05, 0.1) is 17.8 Å². The number of nitrogens with one attached hydrogen (secondary N) is 1. The van der Waals surface area contributed by atoms with Gasteiger partial charge in [-0.3, -0.25) is 4.79 Å². The molecule has 100 valence electrons. The third-order valence-corrected chi connectivity index (χ3v) is 2.89. The molecule has 0 saturated carbocycles. The van der Waals surface area contributed by atoms with Crippen LogP contribution in [0.1, 0.15) is 30.6 Å². The zero-order valence-corrected chi connectivity index (χ0v) is 10.3. The highest BCUT2D eigenvalue weighted by molar-refractivity contribution is 5.96. The smallest absolute Gasteiger partial charge is 0.257 e. The Hall–Kier alpha value is -1.69. The Bertz CT molecular complexity index is 460. The summed E-state index contributed by atoms with van der Waals surface area (Å²) in [6, 6.07) is 1.97. The Morgan fingerprint density at radius 1 is 1.50 bits per heavy atom. The van der Waals surface area contributed by atoms with Gasteiger partial charge in [-0.15, -0.1) is 0 Å². The van der Waals surface area contributed by atoms with E-state index in [1.807, 2.05) is 0 Å². The van der Waals surface area contributed by atoms with Gasteiger partial charge in [-0.05, 0) is 25.5 Å². The van der Waals surface area contributed by atoms with Crippen molar-refractivity contribution in [2.45, 2.75) is 25.8 Å². The molecule has 0 saturated heterocycles. The number of carbonyl (C=O) groups is 1. The van der Waals surface area contributed by atoms with E-state index in [0.29, 0.717) is 6.42 Å². The molecule has 0 aliphatic heterocycles. The van der Waals surface area contributed by atoms with Gasteiger partial charge in [-0.25, -0.2) is 8.78 Å². The summed E-state index contributed by atoms with van der Waals surface area (Å²) < 4.78 is 27.1. The first-order valence-corrected chi connectivity index (χ1v) is 5.51. The fourth-order valence-corrected chi connectivity index (χ4v) is 1.35. The van der Waals surface area contributed by atoms with Gasteiger partial charge in [0.1, 0.15) is 11.4 Å². The lowest BCUT2D eigenvalue weighted by atomic mass is 9.99. The first-order valence-electron chi connectivity index (χ1n) is 5.51. The number of anilines is 1. The predicted molar refractivity (Wildman–Crippen MR) is 64.0 cm³/mol. The Morgan fingerprint density at radius 3 is 2.61 bits per heavy atom. The monoisotopic (exact) mass is 258 g/mol. The largest absolute Gasteiger partial charge is 0.396 e. The molecule has 0 radical (unpaired) electrons. The van der Waals surface area contributed by atoms with E-state index in [1.54, 1.807) is 13.8 Å². The van der Waals surface area contributed by atoms with Gasteiger partial charge in [0.25, 0.3) is 5.91 Å². The fraction of sp³-hybridized carbons (Fsp3) is 0.417. The van der Waals surface area contributed by atoms with Crippen LogP contribution in [0, 0.1) is 11.6 Å². The third-order valence-electron chi connectivity index (χ3n) is 2.89. The van der Waals surface area contributed by atoms with Crippen molar-refractivity contribution >= 4 is 11.6 Å². The number of aliphatic hydroxyl groups excluding tert-OH is 1. The summed E-state index contributed by atoms with van der Waals surface area (Å²) in [6.45, 7) is 2.98. The van der Waals surface area contributed by atoms with Crippen LogP contribution in [0.5, 0.6) is 0 Å². The lowest BCUT2D eigenvalue weighted by Gasteiger charge is -2.27. The average molecular weight is 258 g/mol. The molecule has 1 aromatic carbocycles. The van der Waals surface area contributed by atoms with Crippen molar-refractivity contribution in [1.82, 2.24) is 5.32 Å². The van der Waals surface area contributed by atoms with Crippen molar-refractivity contribution in [2.75, 3.05) is 12.3 Å². The van der Waals surface area contributed by atoms with E-state index in [-0.39, 0.29) is 12.3 Å². The summed E-state index contributed by atoms with van der Waals surface area (Å²) in [7, 11) is 0. The number of carbonyl (C=O) groups excluding carboxylic acids is 1. The first-order chi connectivity index (χ1) is 8.34. The summed E-state index contributed by atoms with van der Waals surface area (Å²) in [5, 5.41) is 11.5. The molecule has 0 fully saturated rings. The molecule has 1 amide bonds. The van der Waals surface area contributed by atoms with Crippen LogP contribution in [0.15, 0.2) is 12.1 Å². The van der Waals surface area contributed by atoms with E-state index in [9.17, 15) is 13.6 Å². The quantitative estimate of drug-likeness (QED) is 0.715. The van der Waals surface area contributed by atoms with Crippen LogP contribution >= 0.6 is 0 Å². The summed E-state index contributed by atoms with van der Waals surface area (Å²) in [5.74, 6) is -3.02. The maximum Gasteiger partial charge on any atom is 0.257 e. The molecule has 4 nitrogen and oxygen atoms in total. The second-order valence-electron chi connectivity index (χ2n) is 4.35. The number of nitrogen functional groups attached to an aromatic ring is 1. The Labute approximate surface area is 104 Å². The number of halogens is 2. The summed E-state index contributed by atoms with van der Waals surface area (Å²) in [5.41, 5.74) is 3.32. The molecule has 0 aromatic heterocycles. The number of benzene rings is 1. The molecule has 0 bridgehead atoms. The Morgan fingerprint density at radius 2 is 2.11 bits per heavy atom. The molecule has 6 heteroatoms. The molecule has 0 aliphatic rings. The van der Waals surface area contributed by atoms with E-state index in [4.69, 9.17) is 10.8 Å². The number of aliphatic hydroxyl groups is 1. The average Bonchev–Trinajstić information content (AvgIpc) is 2.34. The lowest BCUT2D eigenvalue weighted by molar-refractivity contribution is 0.0839. The number of hydrogen-bond acceptors (Lipinski definition) is 3. The fourth-order valence-electron chi connectivity index (χ4n) is 1.35. The van der Waals surface area contributed by atoms with Gasteiger partial charge in [-0.1, -0.05) is 6.92 Å². The summed E-state index contributed by atoms with van der Waals surface area (Å²) in [4.78, 5) is 11.8. The molecule has 0 heterocycles. The molecule has 1 rings (SSSR count). The van der Waals surface area contributed by atoms with E-state index >= 15 is 0 Å². The second-order valence-corrected chi connectivity index (χ2v) is 4.35. The van der Waals surface area contributed by atoms with Crippen molar-refractivity contribution in [3.8, 4) is 0 Å². The van der Waals surface area contributed by atoms with Gasteiger partial charge in [0, 0.05) is 0 Å². The van der Waals surface area contributed by atoms with Crippen LogP contribution < -0.4 is 11.1 Å². The van der Waals surface area contributed by atoms with Crippen LogP contribution in [0.4, 0.5) is 14.5 Å². The molecule has 0 spiro atoms. The highest BCUT2D eigenvalue weighted by atomic mass is 19.1. The van der Waals surface area contributed by atoms with Crippen LogP contribution in [0.25, 0.3) is 0 Å². The van der Waals surface area contributed by atoms with Crippen molar-refractivity contribution < 1.29 is 18.7 Å². The summed E-state index contributed by atoms with van der Waals surface area (Å²) in [6.07, 6.45) is 0.417. The highest BCUT2D eigenvalue weighted by Crippen LogP contribution is 2.19. The highest BCUT2D eigenvalue weighted by Gasteiger charge is 2.27. The van der Waals surface area contributed by atoms with E-state index in [0.717, 1.165) is 12.1 Å². The molecular weight excluding hydrogens is 242 g/mol. The van der Waals surface area contributed by atoms with Crippen molar-refractivity contribution in [2.24, 2.45) is 0 Å². The predicted octanol–water partition coefficient (Wildman–Crippen LogP) is 1.44. The second kappa shape index (κ2) is 5.30. The molecule has 1 atom stereocenters. The van der Waals surface area contributed by atoms with Gasteiger partial charge < -0.3 is 16.2 Å². The molecule has 1 aromatic rings. The minimum absolute atomic E-state index is 0.302. The van der Waals surface area contributed by atoms with E-state index in [1.165, 1.54) is 0 Å². The van der Waals surface area contributed by atoms with Gasteiger partial charge in [0.2, 0.25) is 0 Å². The number of amides is 1. The number of rotatable bonds is 4. The Kier molecular flexibility index (Phi) is 4.24. The van der Waals surface area contributed by atoms with Crippen LogP contribution in [0.3, 0.4) is 0 Å². The zero-order chi connectivity index (χ0) is 13.9. The van der Waals surface area contributed by atoms with Crippen LogP contribution in [0.2, 0.25) is 0 Å². The molecule has 0 aliphatic carbocycles. The normalized spacial score (nSPS) is 14.1. The minimum Gasteiger partial charge on any atom is -0.396 e. The van der Waals surface area contributed by atoms with Crippen molar-refractivity contribution in [1.29, 1.82) is 0 Å². The van der Waals surface area contributed by atoms with E-state index < -0.39 is 28.6 Å². The topological polar surface area (TPSA) is 75.3 Å². The van der Waals surface area contributed by atoms with Gasteiger partial charge in [0.15, 0.2) is 5.82 Å². The Balaban J connectivity index is 3.09. The molecule has 4 N–H and O–H groups in total. The van der Waals surface area contributed by atoms with Crippen molar-refractivity contribution in [3.05, 3.63) is 29.3 Å². The molecule has 1 unspecified atom stereocenters. The molecular formula is C12H16F2N2O2. The third kappa shape index (κ3) is 2.76. The van der Waals surface area contributed by atoms with Crippen LogP contribution in [-0.2, 0) is 0 Å². The first kappa shape index (κ1) is 14.4. The minimum atomic E-state index is -1.09. The maximum atomic E-state index is 13.6. The SMILES string of the molecule is CCC(C)(CO)NC(=O)c1c(F)ccc(N)c1F. The maximum absolute atomic E-state index is 13.6. The van der Waals surface area contributed by atoms with Gasteiger partial charge >= 0.3 is 0 Å². The molecule has 18 heavy (non-hydrogen) atoms. The van der Waals surface area contributed by atoms with Crippen molar-refractivity contribution in [3.63, 3.8) is 0 Å². The standard InChI is InChI=1S/C12H16F2N2O2/c1-3-12(2,6-17)16-11(18)9-7(13)4-5-8(15)10(9)14/h4-5,17H,3,6,15H2,1-2H3,(H,16,18).